The van der Waals surface area contributed by atoms with Crippen LogP contribution in [-0.4, -0.2) is 27.2 Å². The number of nitrogens with one attached hydrogen (secondary N) is 3. The number of rotatable bonds is 7. The van der Waals surface area contributed by atoms with Crippen LogP contribution in [0.3, 0.4) is 0 Å². The van der Waals surface area contributed by atoms with Gasteiger partial charge in [-0.25, -0.2) is 9.52 Å². The van der Waals surface area contributed by atoms with E-state index >= 15 is 0 Å². The summed E-state index contributed by atoms with van der Waals surface area (Å²) in [4.78, 5) is 11.1. The Morgan fingerprint density at radius 2 is 1.86 bits per heavy atom. The van der Waals surface area contributed by atoms with E-state index < -0.39 is 16.3 Å². The molecule has 7 nitrogen and oxygen atoms in total. The lowest BCUT2D eigenvalue weighted by molar-refractivity contribution is 0.159. The zero-order valence-corrected chi connectivity index (χ0v) is 13.2. The second-order valence-corrected chi connectivity index (χ2v) is 6.08. The van der Waals surface area contributed by atoms with Crippen molar-refractivity contribution in [2.75, 3.05) is 11.3 Å². The molecule has 0 aliphatic heterocycles. The van der Waals surface area contributed by atoms with Crippen molar-refractivity contribution >= 4 is 22.0 Å². The van der Waals surface area contributed by atoms with E-state index in [1.807, 2.05) is 13.8 Å². The first-order valence-corrected chi connectivity index (χ1v) is 8.10. The smallest absolute Gasteiger partial charge is 0.422 e. The second-order valence-electron chi connectivity index (χ2n) is 4.66. The average Bonchev–Trinajstić information content (AvgIpc) is 2.37. The lowest BCUT2D eigenvalue weighted by Crippen LogP contribution is -2.35. The topological polar surface area (TPSA) is 96.5 Å². The van der Waals surface area contributed by atoms with Crippen molar-refractivity contribution in [1.82, 2.24) is 10.0 Å². The third kappa shape index (κ3) is 6.96. The van der Waals surface area contributed by atoms with Crippen LogP contribution >= 0.6 is 0 Å². The van der Waals surface area contributed by atoms with Crippen LogP contribution in [0.15, 0.2) is 24.3 Å². The Balaban J connectivity index is 2.60. The number of carbonyl (C=O) groups excluding carboxylic acids is 1. The van der Waals surface area contributed by atoms with E-state index in [1.54, 1.807) is 35.9 Å². The van der Waals surface area contributed by atoms with Gasteiger partial charge >= 0.3 is 16.3 Å². The Kier molecular flexibility index (Phi) is 6.44. The molecule has 0 saturated carbocycles. The molecular weight excluding hydrogens is 294 g/mol. The molecule has 0 bridgehead atoms. The number of hydrogen-bond donors (Lipinski definition) is 3. The summed E-state index contributed by atoms with van der Waals surface area (Å²) in [6.45, 7) is 6.47. The fourth-order valence-electron chi connectivity index (χ4n) is 1.46. The van der Waals surface area contributed by atoms with E-state index in [4.69, 9.17) is 0 Å². The van der Waals surface area contributed by atoms with Crippen LogP contribution in [0.1, 0.15) is 26.3 Å². The number of carbonyl (C=O) groups is 1. The van der Waals surface area contributed by atoms with Gasteiger partial charge in [0.1, 0.15) is 0 Å². The summed E-state index contributed by atoms with van der Waals surface area (Å²) in [7, 11) is -3.98. The summed E-state index contributed by atoms with van der Waals surface area (Å²) in [6, 6.07) is 7.23. The Hall–Kier alpha value is -1.80. The minimum absolute atomic E-state index is 0.0961. The fourth-order valence-corrected chi connectivity index (χ4v) is 2.24. The summed E-state index contributed by atoms with van der Waals surface area (Å²) in [6.07, 6.45) is -1.01. The summed E-state index contributed by atoms with van der Waals surface area (Å²) >= 11 is 0. The van der Waals surface area contributed by atoms with Gasteiger partial charge in [0.25, 0.3) is 0 Å². The first-order chi connectivity index (χ1) is 9.82. The summed E-state index contributed by atoms with van der Waals surface area (Å²) in [5, 5.41) is 3.26. The van der Waals surface area contributed by atoms with Gasteiger partial charge in [0.05, 0.1) is 12.3 Å². The van der Waals surface area contributed by atoms with E-state index in [0.29, 0.717) is 18.3 Å². The van der Waals surface area contributed by atoms with Crippen molar-refractivity contribution in [3.05, 3.63) is 29.8 Å². The van der Waals surface area contributed by atoms with Crippen LogP contribution in [0, 0.1) is 0 Å². The molecule has 0 fully saturated rings. The summed E-state index contributed by atoms with van der Waals surface area (Å²) in [5.41, 5.74) is 1.39. The Bertz CT molecular complexity index is 555. The molecule has 21 heavy (non-hydrogen) atoms. The Morgan fingerprint density at radius 3 is 2.38 bits per heavy atom. The maximum absolute atomic E-state index is 11.6. The molecular formula is C13H21N3O4S. The highest BCUT2D eigenvalue weighted by Crippen LogP contribution is 2.11. The van der Waals surface area contributed by atoms with E-state index in [2.05, 4.69) is 14.8 Å². The van der Waals surface area contributed by atoms with E-state index in [1.165, 1.54) is 0 Å². The lowest BCUT2D eigenvalue weighted by Gasteiger charge is -2.11. The molecule has 0 unspecified atom stereocenters. The quantitative estimate of drug-likeness (QED) is 0.710. The zero-order valence-electron chi connectivity index (χ0n) is 12.3. The predicted octanol–water partition coefficient (Wildman–Crippen LogP) is 1.59. The van der Waals surface area contributed by atoms with Crippen molar-refractivity contribution in [3.8, 4) is 0 Å². The van der Waals surface area contributed by atoms with E-state index in [-0.39, 0.29) is 6.61 Å². The monoisotopic (exact) mass is 315 g/mol. The van der Waals surface area contributed by atoms with Gasteiger partial charge < -0.3 is 10.1 Å². The van der Waals surface area contributed by atoms with Gasteiger partial charge in [-0.15, -0.1) is 0 Å². The molecule has 0 spiro atoms. The molecule has 8 heteroatoms. The van der Waals surface area contributed by atoms with Gasteiger partial charge in [-0.2, -0.15) is 8.42 Å². The summed E-state index contributed by atoms with van der Waals surface area (Å²) < 4.78 is 31.8. The van der Waals surface area contributed by atoms with Crippen molar-refractivity contribution < 1.29 is 17.9 Å². The van der Waals surface area contributed by atoms with Gasteiger partial charge in [-0.1, -0.05) is 26.0 Å². The SMILES string of the molecule is CCOC(=O)NS(=O)(=O)Nc1ccc(CNC(C)C)cc1. The van der Waals surface area contributed by atoms with Crippen molar-refractivity contribution in [2.24, 2.45) is 0 Å². The molecule has 118 valence electrons. The Labute approximate surface area is 125 Å². The molecule has 0 atom stereocenters. The highest BCUT2D eigenvalue weighted by atomic mass is 32.2. The number of anilines is 1. The van der Waals surface area contributed by atoms with Gasteiger partial charge in [0.2, 0.25) is 0 Å². The molecule has 3 N–H and O–H groups in total. The van der Waals surface area contributed by atoms with Crippen LogP contribution in [0.5, 0.6) is 0 Å². The maximum atomic E-state index is 11.6. The van der Waals surface area contributed by atoms with Gasteiger partial charge in [0, 0.05) is 12.6 Å². The van der Waals surface area contributed by atoms with Crippen molar-refractivity contribution in [3.63, 3.8) is 0 Å². The zero-order chi connectivity index (χ0) is 15.9. The second kappa shape index (κ2) is 7.84. The molecule has 1 amide bonds. The molecule has 1 rings (SSSR count). The third-order valence-corrected chi connectivity index (χ3v) is 3.35. The predicted molar refractivity (Wildman–Crippen MR) is 81.1 cm³/mol. The van der Waals surface area contributed by atoms with Crippen LogP contribution in [0.25, 0.3) is 0 Å². The van der Waals surface area contributed by atoms with Crippen LogP contribution in [-0.2, 0) is 21.5 Å². The normalized spacial score (nSPS) is 11.2. The first-order valence-electron chi connectivity index (χ1n) is 6.62. The van der Waals surface area contributed by atoms with E-state index in [0.717, 1.165) is 5.56 Å². The number of ether oxygens (including phenoxy) is 1. The number of benzene rings is 1. The molecule has 0 radical (unpaired) electrons. The van der Waals surface area contributed by atoms with E-state index in [9.17, 15) is 13.2 Å². The van der Waals surface area contributed by atoms with Gasteiger partial charge in [-0.05, 0) is 24.6 Å². The molecule has 0 saturated heterocycles. The fraction of sp³-hybridized carbons (Fsp3) is 0.462. The Morgan fingerprint density at radius 1 is 1.24 bits per heavy atom. The molecule has 0 aliphatic carbocycles. The molecule has 1 aromatic carbocycles. The maximum Gasteiger partial charge on any atom is 0.422 e. The summed E-state index contributed by atoms with van der Waals surface area (Å²) in [5.74, 6) is 0. The number of amides is 1. The standard InChI is InChI=1S/C13H21N3O4S/c1-4-20-13(17)16-21(18,19)15-12-7-5-11(6-8-12)9-14-10(2)3/h5-8,10,14-15H,4,9H2,1-3H3,(H,16,17). The third-order valence-electron chi connectivity index (χ3n) is 2.41. The largest absolute Gasteiger partial charge is 0.449 e. The minimum Gasteiger partial charge on any atom is -0.449 e. The van der Waals surface area contributed by atoms with Crippen LogP contribution < -0.4 is 14.8 Å². The first kappa shape index (κ1) is 17.3. The molecule has 0 aliphatic rings. The van der Waals surface area contributed by atoms with Crippen molar-refractivity contribution in [2.45, 2.75) is 33.4 Å². The van der Waals surface area contributed by atoms with Crippen LogP contribution in [0.4, 0.5) is 10.5 Å². The van der Waals surface area contributed by atoms with Crippen molar-refractivity contribution in [1.29, 1.82) is 0 Å². The highest BCUT2D eigenvalue weighted by Gasteiger charge is 2.14. The van der Waals surface area contributed by atoms with Crippen LogP contribution in [0.2, 0.25) is 0 Å². The number of hydrogen-bond acceptors (Lipinski definition) is 5. The van der Waals surface area contributed by atoms with Gasteiger partial charge in [0.15, 0.2) is 0 Å². The molecule has 1 aromatic rings. The molecule has 0 heterocycles. The minimum atomic E-state index is -3.98. The van der Waals surface area contributed by atoms with Gasteiger partial charge in [-0.3, -0.25) is 4.72 Å². The lowest BCUT2D eigenvalue weighted by atomic mass is 10.2. The highest BCUT2D eigenvalue weighted by molar-refractivity contribution is 7.91. The molecule has 0 aromatic heterocycles. The average molecular weight is 315 g/mol.